The molecule has 0 rings (SSSR count). The summed E-state index contributed by atoms with van der Waals surface area (Å²) in [5.74, 6) is 0. The highest BCUT2D eigenvalue weighted by atomic mass is 16.5. The Balaban J connectivity index is 0. The molecule has 0 aliphatic heterocycles. The van der Waals surface area contributed by atoms with E-state index in [4.69, 9.17) is 14.2 Å². The van der Waals surface area contributed by atoms with Crippen molar-refractivity contribution in [3.8, 4) is 0 Å². The number of rotatable bonds is 15. The van der Waals surface area contributed by atoms with Gasteiger partial charge < -0.3 is 24.0 Å². The second kappa shape index (κ2) is 19.3. The van der Waals surface area contributed by atoms with E-state index >= 15 is 0 Å². The lowest BCUT2D eigenvalue weighted by molar-refractivity contribution is -0.117. The van der Waals surface area contributed by atoms with Crippen molar-refractivity contribution < 1.29 is 23.8 Å². The van der Waals surface area contributed by atoms with Gasteiger partial charge in [0, 0.05) is 20.1 Å². The van der Waals surface area contributed by atoms with E-state index in [1.165, 1.54) is 16.0 Å². The molecule has 0 saturated heterocycles. The van der Waals surface area contributed by atoms with Crippen LogP contribution in [0.4, 0.5) is 0 Å². The fourth-order valence-electron chi connectivity index (χ4n) is 1.16. The van der Waals surface area contributed by atoms with Crippen molar-refractivity contribution in [3.63, 3.8) is 0 Å². The van der Waals surface area contributed by atoms with Gasteiger partial charge >= 0.3 is 0 Å². The monoisotopic (exact) mass is 316 g/mol. The van der Waals surface area contributed by atoms with Gasteiger partial charge in [0.2, 0.25) is 12.8 Å². The predicted molar refractivity (Wildman–Crippen MR) is 85.4 cm³/mol. The van der Waals surface area contributed by atoms with Gasteiger partial charge in [0.05, 0.1) is 39.6 Å². The highest BCUT2D eigenvalue weighted by Crippen LogP contribution is 1.86. The van der Waals surface area contributed by atoms with E-state index in [0.29, 0.717) is 59.1 Å². The Morgan fingerprint density at radius 1 is 0.818 bits per heavy atom. The standard InChI is InChI=1S/C13H24N2O5.C2H4/c1-3-15(13-17)5-7-19-9-11-20-10-8-18-6-4-14(2)12-16;1-2/h3,12-13H,1,4-11H2,2H3;1-2H2. The molecule has 7 nitrogen and oxygen atoms in total. The number of hydrogen-bond acceptors (Lipinski definition) is 5. The van der Waals surface area contributed by atoms with Crippen molar-refractivity contribution in [1.29, 1.82) is 0 Å². The predicted octanol–water partition coefficient (Wildman–Crippen LogP) is 0.529. The lowest BCUT2D eigenvalue weighted by atomic mass is 10.6. The van der Waals surface area contributed by atoms with Crippen LogP contribution in [-0.2, 0) is 23.8 Å². The minimum absolute atomic E-state index is 0.447. The van der Waals surface area contributed by atoms with Crippen LogP contribution in [0.25, 0.3) is 0 Å². The average molecular weight is 316 g/mol. The van der Waals surface area contributed by atoms with Crippen LogP contribution in [-0.4, -0.2) is 82.4 Å². The summed E-state index contributed by atoms with van der Waals surface area (Å²) in [5, 5.41) is 0. The highest BCUT2D eigenvalue weighted by Gasteiger charge is 1.96. The van der Waals surface area contributed by atoms with Crippen LogP contribution in [0.3, 0.4) is 0 Å². The fourth-order valence-corrected chi connectivity index (χ4v) is 1.16. The Labute approximate surface area is 133 Å². The summed E-state index contributed by atoms with van der Waals surface area (Å²) in [6.45, 7) is 13.4. The molecular weight excluding hydrogens is 288 g/mol. The summed E-state index contributed by atoms with van der Waals surface area (Å²) in [7, 11) is 1.70. The first-order chi connectivity index (χ1) is 10.7. The maximum atomic E-state index is 10.4. The van der Waals surface area contributed by atoms with Gasteiger partial charge in [0.25, 0.3) is 0 Å². The van der Waals surface area contributed by atoms with Crippen LogP contribution < -0.4 is 0 Å². The second-order valence-electron chi connectivity index (χ2n) is 3.95. The van der Waals surface area contributed by atoms with Crippen molar-refractivity contribution in [2.45, 2.75) is 0 Å². The largest absolute Gasteiger partial charge is 0.377 e. The van der Waals surface area contributed by atoms with Crippen molar-refractivity contribution in [3.05, 3.63) is 25.9 Å². The number of hydrogen-bond donors (Lipinski definition) is 0. The number of carbonyl (C=O) groups is 2. The normalized spacial score (nSPS) is 9.32. The van der Waals surface area contributed by atoms with Gasteiger partial charge in [-0.15, -0.1) is 13.2 Å². The van der Waals surface area contributed by atoms with Gasteiger partial charge in [0.15, 0.2) is 0 Å². The zero-order valence-corrected chi connectivity index (χ0v) is 13.4. The van der Waals surface area contributed by atoms with Gasteiger partial charge in [0.1, 0.15) is 0 Å². The third-order valence-electron chi connectivity index (χ3n) is 2.38. The van der Waals surface area contributed by atoms with Crippen molar-refractivity contribution in [1.82, 2.24) is 9.80 Å². The fraction of sp³-hybridized carbons (Fsp3) is 0.600. The number of ether oxygens (including phenoxy) is 3. The minimum atomic E-state index is 0.447. The van der Waals surface area contributed by atoms with Gasteiger partial charge in [-0.05, 0) is 6.20 Å². The summed E-state index contributed by atoms with van der Waals surface area (Å²) in [6, 6.07) is 0. The average Bonchev–Trinajstić information content (AvgIpc) is 2.57. The Morgan fingerprint density at radius 3 is 1.68 bits per heavy atom. The first-order valence-electron chi connectivity index (χ1n) is 6.97. The molecule has 0 atom stereocenters. The highest BCUT2D eigenvalue weighted by molar-refractivity contribution is 5.48. The maximum absolute atomic E-state index is 10.4. The molecule has 0 saturated carbocycles. The molecule has 0 aromatic rings. The first kappa shape index (κ1) is 22.6. The Bertz CT molecular complexity index is 269. The van der Waals surface area contributed by atoms with E-state index in [1.54, 1.807) is 7.05 Å². The molecule has 128 valence electrons. The molecule has 0 aliphatic carbocycles. The Hall–Kier alpha value is -1.70. The Morgan fingerprint density at radius 2 is 1.27 bits per heavy atom. The molecule has 0 aliphatic rings. The molecule has 0 aromatic heterocycles. The third-order valence-corrected chi connectivity index (χ3v) is 2.38. The van der Waals surface area contributed by atoms with Crippen molar-refractivity contribution in [2.75, 3.05) is 59.8 Å². The summed E-state index contributed by atoms with van der Waals surface area (Å²) in [4.78, 5) is 23.6. The molecule has 0 unspecified atom stereocenters. The van der Waals surface area contributed by atoms with Crippen LogP contribution in [0.1, 0.15) is 0 Å². The van der Waals surface area contributed by atoms with Gasteiger partial charge in [-0.25, -0.2) is 0 Å². The molecular formula is C15H28N2O5. The lowest BCUT2D eigenvalue weighted by Crippen LogP contribution is -2.22. The molecule has 0 aromatic carbocycles. The minimum Gasteiger partial charge on any atom is -0.377 e. The van der Waals surface area contributed by atoms with Crippen molar-refractivity contribution in [2.24, 2.45) is 0 Å². The maximum Gasteiger partial charge on any atom is 0.213 e. The van der Waals surface area contributed by atoms with Crippen molar-refractivity contribution >= 4 is 12.8 Å². The SMILES string of the molecule is C=C.C=CN(C=O)CCOCCOCCOCCN(C)C=O. The van der Waals surface area contributed by atoms with E-state index in [9.17, 15) is 9.59 Å². The van der Waals surface area contributed by atoms with E-state index in [-0.39, 0.29) is 0 Å². The molecule has 0 N–H and O–H groups in total. The molecule has 7 heteroatoms. The topological polar surface area (TPSA) is 68.3 Å². The smallest absolute Gasteiger partial charge is 0.213 e. The van der Waals surface area contributed by atoms with Crippen LogP contribution in [0.5, 0.6) is 0 Å². The number of nitrogens with zero attached hydrogens (tertiary/aromatic N) is 2. The van der Waals surface area contributed by atoms with Crippen LogP contribution in [0, 0.1) is 0 Å². The van der Waals surface area contributed by atoms with Gasteiger partial charge in [-0.1, -0.05) is 6.58 Å². The summed E-state index contributed by atoms with van der Waals surface area (Å²) in [5.41, 5.74) is 0. The second-order valence-corrected chi connectivity index (χ2v) is 3.95. The molecule has 0 bridgehead atoms. The Kier molecular flexibility index (Phi) is 19.8. The number of carbonyl (C=O) groups excluding carboxylic acids is 2. The van der Waals surface area contributed by atoms with Crippen LogP contribution >= 0.6 is 0 Å². The van der Waals surface area contributed by atoms with Crippen LogP contribution in [0.15, 0.2) is 25.9 Å². The first-order valence-corrected chi connectivity index (χ1v) is 6.97. The molecule has 22 heavy (non-hydrogen) atoms. The molecule has 0 spiro atoms. The van der Waals surface area contributed by atoms with Gasteiger partial charge in [-0.3, -0.25) is 9.59 Å². The third kappa shape index (κ3) is 16.4. The zero-order chi connectivity index (χ0) is 17.1. The van der Waals surface area contributed by atoms with E-state index in [1.807, 2.05) is 0 Å². The van der Waals surface area contributed by atoms with E-state index in [0.717, 1.165) is 6.41 Å². The van der Waals surface area contributed by atoms with E-state index < -0.39 is 0 Å². The summed E-state index contributed by atoms with van der Waals surface area (Å²) >= 11 is 0. The molecule has 0 fully saturated rings. The molecule has 0 heterocycles. The zero-order valence-electron chi connectivity index (χ0n) is 13.4. The quantitative estimate of drug-likeness (QED) is 0.250. The number of likely N-dealkylation sites (N-methyl/N-ethyl adjacent to an activating group) is 1. The molecule has 2 amide bonds. The van der Waals surface area contributed by atoms with Gasteiger partial charge in [-0.2, -0.15) is 0 Å². The lowest BCUT2D eigenvalue weighted by Gasteiger charge is -2.12. The van der Waals surface area contributed by atoms with E-state index in [2.05, 4.69) is 19.7 Å². The summed E-state index contributed by atoms with van der Waals surface area (Å²) < 4.78 is 15.8. The summed E-state index contributed by atoms with van der Waals surface area (Å²) in [6.07, 6.45) is 2.91. The van der Waals surface area contributed by atoms with Crippen LogP contribution in [0.2, 0.25) is 0 Å². The number of amides is 2. The molecule has 0 radical (unpaired) electrons.